The molecule has 24 heavy (non-hydrogen) atoms. The van der Waals surface area contributed by atoms with Gasteiger partial charge in [-0.2, -0.15) is 0 Å². The van der Waals surface area contributed by atoms with Gasteiger partial charge in [0.25, 0.3) is 0 Å². The number of hydrogen-bond acceptors (Lipinski definition) is 3. The first-order valence-corrected chi connectivity index (χ1v) is 8.80. The van der Waals surface area contributed by atoms with E-state index < -0.39 is 0 Å². The number of amides is 1. The quantitative estimate of drug-likeness (QED) is 0.255. The Hall–Kier alpha value is -0.570. The summed E-state index contributed by atoms with van der Waals surface area (Å²) >= 11 is 0. The minimum absolute atomic E-state index is 0. The number of rotatable bonds is 8. The second-order valence-electron chi connectivity index (χ2n) is 6.58. The van der Waals surface area contributed by atoms with E-state index in [1.54, 1.807) is 7.05 Å². The van der Waals surface area contributed by atoms with Gasteiger partial charge in [-0.1, -0.05) is 13.8 Å². The summed E-state index contributed by atoms with van der Waals surface area (Å²) in [6.07, 6.45) is 3.83. The van der Waals surface area contributed by atoms with Crippen molar-refractivity contribution in [2.24, 2.45) is 16.8 Å². The number of nitrogens with zero attached hydrogens (tertiary/aromatic N) is 2. The van der Waals surface area contributed by atoms with Crippen LogP contribution in [-0.4, -0.2) is 63.7 Å². The Morgan fingerprint density at radius 3 is 2.50 bits per heavy atom. The molecular formula is C17H35IN4O2. The minimum Gasteiger partial charge on any atom is -0.380 e. The Kier molecular flexibility index (Phi) is 13.4. The van der Waals surface area contributed by atoms with E-state index >= 15 is 0 Å². The van der Waals surface area contributed by atoms with E-state index in [1.807, 2.05) is 7.05 Å². The topological polar surface area (TPSA) is 66.0 Å². The average molecular weight is 454 g/mol. The normalized spacial score (nSPS) is 16.0. The summed E-state index contributed by atoms with van der Waals surface area (Å²) in [7, 11) is 3.52. The smallest absolute Gasteiger partial charge is 0.220 e. The SMILES string of the molecule is CN=C(NCCOCCC(C)C)N1CCC(CC(=O)NC)CC1.I. The number of halogens is 1. The fraction of sp³-hybridized carbons (Fsp3) is 0.882. The summed E-state index contributed by atoms with van der Waals surface area (Å²) in [6.45, 7) is 8.63. The zero-order chi connectivity index (χ0) is 17.1. The van der Waals surface area contributed by atoms with Crippen molar-refractivity contribution in [3.8, 4) is 0 Å². The van der Waals surface area contributed by atoms with Gasteiger partial charge in [-0.25, -0.2) is 0 Å². The third-order valence-corrected chi connectivity index (χ3v) is 4.25. The summed E-state index contributed by atoms with van der Waals surface area (Å²) < 4.78 is 5.62. The highest BCUT2D eigenvalue weighted by Gasteiger charge is 2.22. The molecule has 2 N–H and O–H groups in total. The molecule has 1 aliphatic rings. The number of ether oxygens (including phenoxy) is 1. The van der Waals surface area contributed by atoms with Gasteiger partial charge in [0.15, 0.2) is 5.96 Å². The molecule has 0 aromatic carbocycles. The van der Waals surface area contributed by atoms with E-state index in [0.717, 1.165) is 51.5 Å². The van der Waals surface area contributed by atoms with Gasteiger partial charge in [-0.05, 0) is 31.1 Å². The number of aliphatic imine (C=N–C) groups is 1. The van der Waals surface area contributed by atoms with E-state index in [2.05, 4.69) is 34.4 Å². The fourth-order valence-corrected chi connectivity index (χ4v) is 2.70. The van der Waals surface area contributed by atoms with E-state index in [4.69, 9.17) is 4.74 Å². The van der Waals surface area contributed by atoms with Crippen molar-refractivity contribution in [1.82, 2.24) is 15.5 Å². The molecule has 0 radical (unpaired) electrons. The van der Waals surface area contributed by atoms with Gasteiger partial charge in [0.1, 0.15) is 0 Å². The van der Waals surface area contributed by atoms with Crippen molar-refractivity contribution in [3.63, 3.8) is 0 Å². The van der Waals surface area contributed by atoms with Gasteiger partial charge in [0.05, 0.1) is 6.61 Å². The molecular weight excluding hydrogens is 419 g/mol. The number of carbonyl (C=O) groups excluding carboxylic acids is 1. The van der Waals surface area contributed by atoms with Crippen LogP contribution in [-0.2, 0) is 9.53 Å². The Bertz CT molecular complexity index is 370. The lowest BCUT2D eigenvalue weighted by atomic mass is 9.93. The van der Waals surface area contributed by atoms with Crippen molar-refractivity contribution < 1.29 is 9.53 Å². The molecule has 0 aliphatic carbocycles. The van der Waals surface area contributed by atoms with Crippen LogP contribution in [0, 0.1) is 11.8 Å². The van der Waals surface area contributed by atoms with Crippen LogP contribution < -0.4 is 10.6 Å². The van der Waals surface area contributed by atoms with Gasteiger partial charge >= 0.3 is 0 Å². The Labute approximate surface area is 164 Å². The van der Waals surface area contributed by atoms with Crippen molar-refractivity contribution in [1.29, 1.82) is 0 Å². The average Bonchev–Trinajstić information content (AvgIpc) is 2.55. The standard InChI is InChI=1S/C17H34N4O2.HI/c1-14(2)7-11-23-12-8-20-17(19-4)21-9-5-15(6-10-21)13-16(22)18-3;/h14-15H,5-13H2,1-4H3,(H,18,22)(H,19,20);1H. The van der Waals surface area contributed by atoms with Crippen LogP contribution in [0.3, 0.4) is 0 Å². The Morgan fingerprint density at radius 2 is 1.96 bits per heavy atom. The lowest BCUT2D eigenvalue weighted by molar-refractivity contribution is -0.121. The van der Waals surface area contributed by atoms with Gasteiger partial charge < -0.3 is 20.3 Å². The van der Waals surface area contributed by atoms with Crippen LogP contribution in [0.1, 0.15) is 39.5 Å². The number of nitrogens with one attached hydrogen (secondary N) is 2. The van der Waals surface area contributed by atoms with Gasteiger partial charge in [-0.3, -0.25) is 9.79 Å². The van der Waals surface area contributed by atoms with E-state index in [-0.39, 0.29) is 29.9 Å². The molecule has 0 saturated carbocycles. The van der Waals surface area contributed by atoms with E-state index in [0.29, 0.717) is 24.9 Å². The maximum atomic E-state index is 11.4. The molecule has 1 rings (SSSR count). The largest absolute Gasteiger partial charge is 0.380 e. The van der Waals surface area contributed by atoms with Gasteiger partial charge in [-0.15, -0.1) is 24.0 Å². The number of guanidine groups is 1. The molecule has 1 heterocycles. The zero-order valence-corrected chi connectivity index (χ0v) is 18.0. The highest BCUT2D eigenvalue weighted by Crippen LogP contribution is 2.20. The first-order chi connectivity index (χ1) is 11.1. The van der Waals surface area contributed by atoms with E-state index in [9.17, 15) is 4.79 Å². The predicted molar refractivity (Wildman–Crippen MR) is 110 cm³/mol. The lowest BCUT2D eigenvalue weighted by Gasteiger charge is -2.34. The number of hydrogen-bond donors (Lipinski definition) is 2. The Morgan fingerprint density at radius 1 is 1.29 bits per heavy atom. The maximum Gasteiger partial charge on any atom is 0.220 e. The molecule has 1 aliphatic heterocycles. The minimum atomic E-state index is 0. The molecule has 0 atom stereocenters. The maximum absolute atomic E-state index is 11.4. The monoisotopic (exact) mass is 454 g/mol. The lowest BCUT2D eigenvalue weighted by Crippen LogP contribution is -2.46. The first-order valence-electron chi connectivity index (χ1n) is 8.80. The van der Waals surface area contributed by atoms with Gasteiger partial charge in [0, 0.05) is 46.8 Å². The molecule has 6 nitrogen and oxygen atoms in total. The highest BCUT2D eigenvalue weighted by molar-refractivity contribution is 14.0. The molecule has 0 spiro atoms. The van der Waals surface area contributed by atoms with Crippen LogP contribution in [0.15, 0.2) is 4.99 Å². The van der Waals surface area contributed by atoms with Crippen LogP contribution in [0.2, 0.25) is 0 Å². The molecule has 0 bridgehead atoms. The summed E-state index contributed by atoms with van der Waals surface area (Å²) in [5.41, 5.74) is 0. The summed E-state index contributed by atoms with van der Waals surface area (Å²) in [5.74, 6) is 2.26. The van der Waals surface area contributed by atoms with Crippen molar-refractivity contribution in [2.75, 3.05) is 46.9 Å². The van der Waals surface area contributed by atoms with Crippen molar-refractivity contribution in [3.05, 3.63) is 0 Å². The molecule has 1 saturated heterocycles. The number of likely N-dealkylation sites (tertiary alicyclic amines) is 1. The second kappa shape index (κ2) is 13.7. The van der Waals surface area contributed by atoms with Crippen LogP contribution in [0.5, 0.6) is 0 Å². The number of piperidine rings is 1. The van der Waals surface area contributed by atoms with Crippen LogP contribution >= 0.6 is 24.0 Å². The molecule has 0 unspecified atom stereocenters. The third kappa shape index (κ3) is 9.66. The molecule has 1 amide bonds. The first kappa shape index (κ1) is 23.4. The third-order valence-electron chi connectivity index (χ3n) is 4.25. The summed E-state index contributed by atoms with van der Waals surface area (Å²) in [6, 6.07) is 0. The zero-order valence-electron chi connectivity index (χ0n) is 15.6. The predicted octanol–water partition coefficient (Wildman–Crippen LogP) is 2.09. The molecule has 142 valence electrons. The van der Waals surface area contributed by atoms with Crippen LogP contribution in [0.4, 0.5) is 0 Å². The molecule has 7 heteroatoms. The van der Waals surface area contributed by atoms with Crippen molar-refractivity contribution in [2.45, 2.75) is 39.5 Å². The second-order valence-corrected chi connectivity index (χ2v) is 6.58. The molecule has 0 aromatic rings. The van der Waals surface area contributed by atoms with Gasteiger partial charge in [0.2, 0.25) is 5.91 Å². The number of carbonyl (C=O) groups is 1. The highest BCUT2D eigenvalue weighted by atomic mass is 127. The summed E-state index contributed by atoms with van der Waals surface area (Å²) in [5, 5.41) is 6.07. The van der Waals surface area contributed by atoms with Crippen molar-refractivity contribution >= 4 is 35.8 Å². The molecule has 1 fully saturated rings. The fourth-order valence-electron chi connectivity index (χ4n) is 2.70. The molecule has 0 aromatic heterocycles. The Balaban J connectivity index is 0.00000529. The van der Waals surface area contributed by atoms with E-state index in [1.165, 1.54) is 0 Å². The van der Waals surface area contributed by atoms with Crippen LogP contribution in [0.25, 0.3) is 0 Å². The summed E-state index contributed by atoms with van der Waals surface area (Å²) in [4.78, 5) is 18.1.